The summed E-state index contributed by atoms with van der Waals surface area (Å²) in [5.41, 5.74) is 0.324. The molecule has 3 aromatic rings. The van der Waals surface area contributed by atoms with Crippen molar-refractivity contribution in [3.8, 4) is 5.75 Å². The summed E-state index contributed by atoms with van der Waals surface area (Å²) in [5.74, 6) is -2.42. The molecule has 0 atom stereocenters. The van der Waals surface area contributed by atoms with Crippen LogP contribution in [0.4, 0.5) is 20.6 Å². The summed E-state index contributed by atoms with van der Waals surface area (Å²) in [7, 11) is 0. The van der Waals surface area contributed by atoms with Crippen LogP contribution in [-0.2, 0) is 16.2 Å². The van der Waals surface area contributed by atoms with Gasteiger partial charge in [-0.05, 0) is 53.6 Å². The Bertz CT molecular complexity index is 1390. The minimum absolute atomic E-state index is 0.0410. The standard InChI is InChI=1S/C24H15ClFN3O6/c25-18-12-15(7-10-21(18)35-13-14-5-8-16(9-6-14)29(33)34)11-17-22(30)27-24(32)28(23(17)31)20-4-2-1-3-19(20)26/h1-12H,13H2,(H,27,30,32)/b17-11-. The summed E-state index contributed by atoms with van der Waals surface area (Å²) >= 11 is 6.28. The minimum Gasteiger partial charge on any atom is -0.487 e. The number of amides is 4. The number of hydrogen-bond donors (Lipinski definition) is 1. The van der Waals surface area contributed by atoms with Crippen LogP contribution in [0.15, 0.2) is 72.3 Å². The van der Waals surface area contributed by atoms with Gasteiger partial charge in [0.2, 0.25) is 0 Å². The molecular formula is C24H15ClFN3O6. The lowest BCUT2D eigenvalue weighted by Gasteiger charge is -2.26. The predicted octanol–water partition coefficient (Wildman–Crippen LogP) is 4.63. The molecule has 0 saturated carbocycles. The number of halogens is 2. The molecule has 0 aromatic heterocycles. The highest BCUT2D eigenvalue weighted by Crippen LogP contribution is 2.29. The SMILES string of the molecule is O=C1NC(=O)N(c2ccccc2F)C(=O)/C1=C\c1ccc(OCc2ccc([N+](=O)[O-])cc2)c(Cl)c1. The summed E-state index contributed by atoms with van der Waals surface area (Å²) in [5, 5.41) is 12.9. The Labute approximate surface area is 202 Å². The third kappa shape index (κ3) is 5.02. The lowest BCUT2D eigenvalue weighted by molar-refractivity contribution is -0.384. The van der Waals surface area contributed by atoms with Gasteiger partial charge in [0.05, 0.1) is 15.6 Å². The van der Waals surface area contributed by atoms with Crippen LogP contribution in [0.25, 0.3) is 6.08 Å². The lowest BCUT2D eigenvalue weighted by atomic mass is 10.1. The number of para-hydroxylation sites is 1. The van der Waals surface area contributed by atoms with E-state index in [1.165, 1.54) is 54.6 Å². The molecule has 4 amide bonds. The summed E-state index contributed by atoms with van der Waals surface area (Å²) in [4.78, 5) is 48.2. The van der Waals surface area contributed by atoms with E-state index in [2.05, 4.69) is 0 Å². The number of imide groups is 2. The van der Waals surface area contributed by atoms with Crippen LogP contribution in [0.2, 0.25) is 5.02 Å². The molecule has 0 bridgehead atoms. The van der Waals surface area contributed by atoms with Crippen LogP contribution < -0.4 is 15.0 Å². The third-order valence-electron chi connectivity index (χ3n) is 5.00. The molecule has 1 heterocycles. The number of rotatable bonds is 6. The Hall–Kier alpha value is -4.57. The van der Waals surface area contributed by atoms with Crippen LogP contribution in [0.1, 0.15) is 11.1 Å². The first-order valence-electron chi connectivity index (χ1n) is 10.1. The van der Waals surface area contributed by atoms with Gasteiger partial charge < -0.3 is 4.74 Å². The maximum absolute atomic E-state index is 14.2. The van der Waals surface area contributed by atoms with Gasteiger partial charge in [0.25, 0.3) is 17.5 Å². The van der Waals surface area contributed by atoms with Crippen molar-refractivity contribution in [2.45, 2.75) is 6.61 Å². The van der Waals surface area contributed by atoms with Crippen molar-refractivity contribution in [1.29, 1.82) is 0 Å². The smallest absolute Gasteiger partial charge is 0.336 e. The van der Waals surface area contributed by atoms with E-state index < -0.39 is 28.6 Å². The molecule has 0 spiro atoms. The fourth-order valence-corrected chi connectivity index (χ4v) is 3.52. The maximum Gasteiger partial charge on any atom is 0.336 e. The van der Waals surface area contributed by atoms with Crippen LogP contribution in [0, 0.1) is 15.9 Å². The van der Waals surface area contributed by atoms with Crippen molar-refractivity contribution in [1.82, 2.24) is 5.32 Å². The Balaban J connectivity index is 1.53. The quantitative estimate of drug-likeness (QED) is 0.230. The van der Waals surface area contributed by atoms with Gasteiger partial charge in [-0.2, -0.15) is 0 Å². The minimum atomic E-state index is -1.06. The number of hydrogen-bond acceptors (Lipinski definition) is 6. The van der Waals surface area contributed by atoms with E-state index in [0.717, 1.165) is 6.07 Å². The number of anilines is 1. The molecule has 176 valence electrons. The normalized spacial score (nSPS) is 14.7. The van der Waals surface area contributed by atoms with E-state index in [1.807, 2.05) is 5.32 Å². The second-order valence-corrected chi connectivity index (χ2v) is 7.72. The predicted molar refractivity (Wildman–Crippen MR) is 124 cm³/mol. The van der Waals surface area contributed by atoms with Crippen molar-refractivity contribution >= 4 is 46.9 Å². The zero-order valence-electron chi connectivity index (χ0n) is 17.7. The number of urea groups is 1. The number of benzene rings is 3. The first-order valence-corrected chi connectivity index (χ1v) is 10.4. The first kappa shape index (κ1) is 23.6. The molecule has 1 fully saturated rings. The third-order valence-corrected chi connectivity index (χ3v) is 5.30. The summed E-state index contributed by atoms with van der Waals surface area (Å²) < 4.78 is 19.8. The number of nitro benzene ring substituents is 1. The molecule has 3 aromatic carbocycles. The van der Waals surface area contributed by atoms with Gasteiger partial charge in [0.15, 0.2) is 0 Å². The van der Waals surface area contributed by atoms with Crippen LogP contribution in [0.5, 0.6) is 5.75 Å². The number of nitro groups is 1. The zero-order chi connectivity index (χ0) is 25.1. The van der Waals surface area contributed by atoms with Gasteiger partial charge >= 0.3 is 6.03 Å². The van der Waals surface area contributed by atoms with E-state index in [9.17, 15) is 28.9 Å². The van der Waals surface area contributed by atoms with Gasteiger partial charge in [0.1, 0.15) is 23.7 Å². The Morgan fingerprint density at radius 1 is 1.06 bits per heavy atom. The molecule has 0 unspecified atom stereocenters. The van der Waals surface area contributed by atoms with E-state index in [-0.39, 0.29) is 28.6 Å². The summed E-state index contributed by atoms with van der Waals surface area (Å²) in [6.07, 6.45) is 1.23. The molecule has 0 aliphatic carbocycles. The van der Waals surface area contributed by atoms with E-state index >= 15 is 0 Å². The summed E-state index contributed by atoms with van der Waals surface area (Å²) in [6, 6.07) is 14.5. The lowest BCUT2D eigenvalue weighted by Crippen LogP contribution is -2.54. The topological polar surface area (TPSA) is 119 Å². The number of nitrogens with one attached hydrogen (secondary N) is 1. The van der Waals surface area contributed by atoms with E-state index in [4.69, 9.17) is 16.3 Å². The second-order valence-electron chi connectivity index (χ2n) is 7.31. The van der Waals surface area contributed by atoms with E-state index in [0.29, 0.717) is 21.8 Å². The molecule has 0 radical (unpaired) electrons. The Morgan fingerprint density at radius 2 is 1.77 bits per heavy atom. The van der Waals surface area contributed by atoms with Gasteiger partial charge in [-0.25, -0.2) is 14.1 Å². The van der Waals surface area contributed by atoms with E-state index in [1.54, 1.807) is 12.1 Å². The average molecular weight is 496 g/mol. The van der Waals surface area contributed by atoms with Crippen molar-refractivity contribution < 1.29 is 28.4 Å². The highest BCUT2D eigenvalue weighted by atomic mass is 35.5. The van der Waals surface area contributed by atoms with Crippen LogP contribution >= 0.6 is 11.6 Å². The zero-order valence-corrected chi connectivity index (χ0v) is 18.5. The number of nitrogens with zero attached hydrogens (tertiary/aromatic N) is 2. The number of non-ortho nitro benzene ring substituents is 1. The Morgan fingerprint density at radius 3 is 2.43 bits per heavy atom. The van der Waals surface area contributed by atoms with Gasteiger partial charge in [-0.15, -0.1) is 0 Å². The van der Waals surface area contributed by atoms with Crippen LogP contribution in [0.3, 0.4) is 0 Å². The first-order chi connectivity index (χ1) is 16.7. The number of carbonyl (C=O) groups is 3. The average Bonchev–Trinajstić information content (AvgIpc) is 2.82. The highest BCUT2D eigenvalue weighted by Gasteiger charge is 2.37. The molecular weight excluding hydrogens is 481 g/mol. The highest BCUT2D eigenvalue weighted by molar-refractivity contribution is 6.39. The van der Waals surface area contributed by atoms with Gasteiger partial charge in [-0.1, -0.05) is 29.8 Å². The molecule has 1 aliphatic heterocycles. The molecule has 1 aliphatic rings. The second kappa shape index (κ2) is 9.74. The Kier molecular flexibility index (Phi) is 6.56. The number of carbonyl (C=O) groups excluding carboxylic acids is 3. The molecule has 1 saturated heterocycles. The fraction of sp³-hybridized carbons (Fsp3) is 0.0417. The molecule has 11 heteroatoms. The fourth-order valence-electron chi connectivity index (χ4n) is 3.27. The largest absolute Gasteiger partial charge is 0.487 e. The molecule has 4 rings (SSSR count). The monoisotopic (exact) mass is 495 g/mol. The number of barbiturate groups is 1. The van der Waals surface area contributed by atoms with Gasteiger partial charge in [-0.3, -0.25) is 25.0 Å². The molecule has 35 heavy (non-hydrogen) atoms. The van der Waals surface area contributed by atoms with Crippen molar-refractivity contribution in [2.75, 3.05) is 4.90 Å². The number of ether oxygens (including phenoxy) is 1. The molecule has 1 N–H and O–H groups in total. The van der Waals surface area contributed by atoms with Crippen molar-refractivity contribution in [2.24, 2.45) is 0 Å². The maximum atomic E-state index is 14.2. The summed E-state index contributed by atoms with van der Waals surface area (Å²) in [6.45, 7) is 0.0960. The molecule has 9 nitrogen and oxygen atoms in total. The van der Waals surface area contributed by atoms with Crippen LogP contribution in [-0.4, -0.2) is 22.8 Å². The van der Waals surface area contributed by atoms with Crippen molar-refractivity contribution in [3.05, 3.63) is 104 Å². The van der Waals surface area contributed by atoms with Gasteiger partial charge in [0, 0.05) is 12.1 Å². The van der Waals surface area contributed by atoms with Crippen molar-refractivity contribution in [3.63, 3.8) is 0 Å².